The summed E-state index contributed by atoms with van der Waals surface area (Å²) >= 11 is 0. The molecule has 1 heterocycles. The minimum Gasteiger partial charge on any atom is -0.458 e. The minimum atomic E-state index is -0.715. The van der Waals surface area contributed by atoms with Gasteiger partial charge in [0.1, 0.15) is 17.2 Å². The molecule has 3 atom stereocenters. The van der Waals surface area contributed by atoms with Crippen LogP contribution in [-0.2, 0) is 20.8 Å². The third-order valence-electron chi connectivity index (χ3n) is 4.84. The van der Waals surface area contributed by atoms with E-state index in [2.05, 4.69) is 11.4 Å². The first-order chi connectivity index (χ1) is 14.4. The number of amides is 1. The van der Waals surface area contributed by atoms with E-state index in [1.165, 1.54) is 4.90 Å². The van der Waals surface area contributed by atoms with E-state index in [-0.39, 0.29) is 6.04 Å². The molecule has 0 aliphatic carbocycles. The molecule has 1 N–H and O–H groups in total. The van der Waals surface area contributed by atoms with Crippen molar-refractivity contribution in [2.45, 2.75) is 96.7 Å². The van der Waals surface area contributed by atoms with Crippen LogP contribution in [0.5, 0.6) is 0 Å². The SMILES string of the molecule is CC(C)(C)OC(=O)C1CC[C@@H](C[C@@H](C#N)NCc2ccccc2)N1C(=O)OC(C)(C)C. The van der Waals surface area contributed by atoms with Crippen molar-refractivity contribution in [3.63, 3.8) is 0 Å². The van der Waals surface area contributed by atoms with Gasteiger partial charge in [0.05, 0.1) is 12.1 Å². The Morgan fingerprint density at radius 3 is 2.26 bits per heavy atom. The van der Waals surface area contributed by atoms with Gasteiger partial charge in [0.15, 0.2) is 0 Å². The van der Waals surface area contributed by atoms with E-state index in [0.717, 1.165) is 5.56 Å². The Bertz CT molecular complexity index is 790. The Kier molecular flexibility index (Phi) is 8.08. The molecule has 0 radical (unpaired) electrons. The summed E-state index contributed by atoms with van der Waals surface area (Å²) in [6.07, 6.45) is 0.942. The Morgan fingerprint density at radius 1 is 1.10 bits per heavy atom. The summed E-state index contributed by atoms with van der Waals surface area (Å²) in [4.78, 5) is 27.3. The lowest BCUT2D eigenvalue weighted by Crippen LogP contribution is -2.50. The van der Waals surface area contributed by atoms with E-state index >= 15 is 0 Å². The fourth-order valence-corrected chi connectivity index (χ4v) is 3.60. The molecule has 1 unspecified atom stereocenters. The van der Waals surface area contributed by atoms with Gasteiger partial charge in [-0.15, -0.1) is 0 Å². The van der Waals surface area contributed by atoms with Gasteiger partial charge in [0, 0.05) is 12.6 Å². The van der Waals surface area contributed by atoms with Crippen LogP contribution in [0, 0.1) is 11.3 Å². The number of hydrogen-bond acceptors (Lipinski definition) is 6. The predicted molar refractivity (Wildman–Crippen MR) is 118 cm³/mol. The van der Waals surface area contributed by atoms with Crippen LogP contribution in [0.25, 0.3) is 0 Å². The zero-order chi connectivity index (χ0) is 23.2. The highest BCUT2D eigenvalue weighted by Gasteiger charge is 2.45. The van der Waals surface area contributed by atoms with Gasteiger partial charge < -0.3 is 9.47 Å². The lowest BCUT2D eigenvalue weighted by atomic mass is 10.1. The van der Waals surface area contributed by atoms with E-state index < -0.39 is 35.3 Å². The first-order valence-electron chi connectivity index (χ1n) is 10.8. The molecule has 1 aliphatic rings. The van der Waals surface area contributed by atoms with Gasteiger partial charge in [-0.05, 0) is 66.4 Å². The normalized spacial score (nSPS) is 20.1. The van der Waals surface area contributed by atoms with Crippen molar-refractivity contribution in [3.05, 3.63) is 35.9 Å². The topological polar surface area (TPSA) is 91.7 Å². The van der Waals surface area contributed by atoms with E-state index in [1.54, 1.807) is 41.5 Å². The van der Waals surface area contributed by atoms with Gasteiger partial charge >= 0.3 is 12.1 Å². The highest BCUT2D eigenvalue weighted by atomic mass is 16.6. The molecular formula is C24H35N3O4. The van der Waals surface area contributed by atoms with Gasteiger partial charge in [-0.25, -0.2) is 9.59 Å². The van der Waals surface area contributed by atoms with Gasteiger partial charge in [-0.1, -0.05) is 30.3 Å². The maximum Gasteiger partial charge on any atom is 0.411 e. The second-order valence-electron chi connectivity index (χ2n) is 9.95. The van der Waals surface area contributed by atoms with Crippen molar-refractivity contribution in [1.82, 2.24) is 10.2 Å². The van der Waals surface area contributed by atoms with Crippen LogP contribution < -0.4 is 5.32 Å². The number of benzene rings is 1. The largest absolute Gasteiger partial charge is 0.458 e. The number of ether oxygens (including phenoxy) is 2. The second kappa shape index (κ2) is 10.1. The number of esters is 1. The zero-order valence-electron chi connectivity index (χ0n) is 19.5. The fraction of sp³-hybridized carbons (Fsp3) is 0.625. The predicted octanol–water partition coefficient (Wildman–Crippen LogP) is 4.17. The number of carbonyl (C=O) groups excluding carboxylic acids is 2. The summed E-state index contributed by atoms with van der Waals surface area (Å²) in [5, 5.41) is 12.9. The van der Waals surface area contributed by atoms with Crippen LogP contribution >= 0.6 is 0 Å². The second-order valence-corrected chi connectivity index (χ2v) is 9.95. The average Bonchev–Trinajstić information content (AvgIpc) is 3.07. The number of likely N-dealkylation sites (tertiary alicyclic amines) is 1. The zero-order valence-corrected chi connectivity index (χ0v) is 19.5. The summed E-state index contributed by atoms with van der Waals surface area (Å²) in [6, 6.07) is 10.6. The molecule has 0 saturated carbocycles. The van der Waals surface area contributed by atoms with Crippen molar-refractivity contribution in [2.24, 2.45) is 0 Å². The third-order valence-corrected chi connectivity index (χ3v) is 4.84. The van der Waals surface area contributed by atoms with Gasteiger partial charge in [0.2, 0.25) is 0 Å². The number of nitrogens with zero attached hydrogens (tertiary/aromatic N) is 2. The lowest BCUT2D eigenvalue weighted by Gasteiger charge is -2.33. The minimum absolute atomic E-state index is 0.291. The number of hydrogen-bond donors (Lipinski definition) is 1. The molecule has 1 aromatic carbocycles. The Labute approximate surface area is 185 Å². The third kappa shape index (κ3) is 7.87. The Balaban J connectivity index is 2.14. The maximum absolute atomic E-state index is 13.0. The van der Waals surface area contributed by atoms with Crippen LogP contribution in [0.15, 0.2) is 30.3 Å². The average molecular weight is 430 g/mol. The van der Waals surface area contributed by atoms with Gasteiger partial charge in [-0.2, -0.15) is 5.26 Å². The monoisotopic (exact) mass is 429 g/mol. The molecule has 0 aromatic heterocycles. The molecule has 1 fully saturated rings. The van der Waals surface area contributed by atoms with Crippen molar-refractivity contribution < 1.29 is 19.1 Å². The molecular weight excluding hydrogens is 394 g/mol. The van der Waals surface area contributed by atoms with Crippen LogP contribution in [0.1, 0.15) is 66.4 Å². The number of nitrogens with one attached hydrogen (secondary N) is 1. The summed E-state index contributed by atoms with van der Waals surface area (Å²) in [7, 11) is 0. The van der Waals surface area contributed by atoms with Crippen LogP contribution in [0.3, 0.4) is 0 Å². The number of rotatable bonds is 6. The van der Waals surface area contributed by atoms with Crippen LogP contribution in [0.2, 0.25) is 0 Å². The lowest BCUT2D eigenvalue weighted by molar-refractivity contribution is -0.160. The standard InChI is InChI=1S/C24H35N3O4/c1-23(2,3)30-21(28)20-13-12-19(27(20)22(29)31-24(4,5)6)14-18(15-25)26-16-17-10-8-7-9-11-17/h7-11,18-20,26H,12-14,16H2,1-6H3/t18-,19-,20?/m0/s1. The van der Waals surface area contributed by atoms with Gasteiger partial charge in [0.25, 0.3) is 0 Å². The molecule has 31 heavy (non-hydrogen) atoms. The first-order valence-corrected chi connectivity index (χ1v) is 10.8. The van der Waals surface area contributed by atoms with Crippen molar-refractivity contribution >= 4 is 12.1 Å². The molecule has 0 bridgehead atoms. The number of nitriles is 1. The molecule has 7 heteroatoms. The van der Waals surface area contributed by atoms with E-state index in [1.807, 2.05) is 30.3 Å². The summed E-state index contributed by atoms with van der Waals surface area (Å²) < 4.78 is 11.1. The first kappa shape index (κ1) is 24.7. The maximum atomic E-state index is 13.0. The summed E-state index contributed by atoms with van der Waals surface area (Å²) in [6.45, 7) is 11.3. The molecule has 2 rings (SSSR count). The highest BCUT2D eigenvalue weighted by molar-refractivity contribution is 5.82. The quantitative estimate of drug-likeness (QED) is 0.683. The van der Waals surface area contributed by atoms with Crippen LogP contribution in [-0.4, -0.2) is 46.3 Å². The highest BCUT2D eigenvalue weighted by Crippen LogP contribution is 2.31. The molecule has 1 aliphatic heterocycles. The van der Waals surface area contributed by atoms with Crippen LogP contribution in [0.4, 0.5) is 4.79 Å². The Morgan fingerprint density at radius 2 is 1.71 bits per heavy atom. The van der Waals surface area contributed by atoms with E-state index in [4.69, 9.17) is 9.47 Å². The van der Waals surface area contributed by atoms with Crippen molar-refractivity contribution in [2.75, 3.05) is 0 Å². The molecule has 1 saturated heterocycles. The van der Waals surface area contributed by atoms with Crippen molar-refractivity contribution in [3.8, 4) is 6.07 Å². The molecule has 1 amide bonds. The van der Waals surface area contributed by atoms with E-state index in [0.29, 0.717) is 25.8 Å². The summed E-state index contributed by atoms with van der Waals surface area (Å²) in [5.74, 6) is -0.438. The Hall–Kier alpha value is -2.59. The molecule has 1 aromatic rings. The molecule has 170 valence electrons. The summed E-state index contributed by atoms with van der Waals surface area (Å²) in [5.41, 5.74) is -0.269. The number of carbonyl (C=O) groups is 2. The van der Waals surface area contributed by atoms with E-state index in [9.17, 15) is 14.9 Å². The molecule has 0 spiro atoms. The smallest absolute Gasteiger partial charge is 0.411 e. The van der Waals surface area contributed by atoms with Crippen molar-refractivity contribution in [1.29, 1.82) is 5.26 Å². The van der Waals surface area contributed by atoms with Gasteiger partial charge in [-0.3, -0.25) is 10.2 Å². The fourth-order valence-electron chi connectivity index (χ4n) is 3.60. The molecule has 7 nitrogen and oxygen atoms in total.